The van der Waals surface area contributed by atoms with Crippen LogP contribution in [0.3, 0.4) is 0 Å². The summed E-state index contributed by atoms with van der Waals surface area (Å²) in [7, 11) is 2.57. The number of hydrogen-bond donors (Lipinski definition) is 0. The molecule has 1 atom stereocenters. The van der Waals surface area contributed by atoms with Crippen molar-refractivity contribution in [3.8, 4) is 33.8 Å². The van der Waals surface area contributed by atoms with E-state index in [4.69, 9.17) is 32.7 Å². The van der Waals surface area contributed by atoms with Gasteiger partial charge in [0.1, 0.15) is 35.8 Å². The average Bonchev–Trinajstić information content (AvgIpc) is 3.28. The van der Waals surface area contributed by atoms with Crippen LogP contribution in [0.2, 0.25) is 10.0 Å². The Morgan fingerprint density at radius 1 is 0.667 bits per heavy atom. The van der Waals surface area contributed by atoms with Crippen molar-refractivity contribution in [3.63, 3.8) is 0 Å². The SMILES string of the molecule is COc1cccc(F)c1-c1c(Cl)cc2c(c1F)N(c1c(C)ncnc1C(C)C)C(=O)C([N+](=O)[O-])C2=O.COc1cccc(F)c1-c1c(Cl)cc2c(c1F)N(c1c(C)ncnc1C(C)C)C(=O)CC2=O. The van der Waals surface area contributed by atoms with Gasteiger partial charge in [-0.15, -0.1) is 0 Å². The summed E-state index contributed by atoms with van der Waals surface area (Å²) >= 11 is 12.7. The van der Waals surface area contributed by atoms with Gasteiger partial charge in [-0.3, -0.25) is 39.1 Å². The van der Waals surface area contributed by atoms with Crippen LogP contribution < -0.4 is 19.3 Å². The molecular formula is C48H39Cl2F4N7O8. The number of halogens is 6. The van der Waals surface area contributed by atoms with Gasteiger partial charge in [0.2, 0.25) is 11.7 Å². The van der Waals surface area contributed by atoms with E-state index in [0.717, 1.165) is 28.0 Å². The first-order chi connectivity index (χ1) is 32.7. The van der Waals surface area contributed by atoms with Crippen molar-refractivity contribution in [2.75, 3.05) is 24.0 Å². The highest BCUT2D eigenvalue weighted by atomic mass is 35.5. The summed E-state index contributed by atoms with van der Waals surface area (Å²) in [6.45, 7) is 10.4. The predicted molar refractivity (Wildman–Crippen MR) is 247 cm³/mol. The minimum atomic E-state index is -2.35. The number of nitrogens with zero attached hydrogens (tertiary/aromatic N) is 7. The summed E-state index contributed by atoms with van der Waals surface area (Å²) in [6.07, 6.45) is 2.13. The molecule has 2 amide bonds. The van der Waals surface area contributed by atoms with Crippen molar-refractivity contribution in [2.24, 2.45) is 0 Å². The summed E-state index contributed by atoms with van der Waals surface area (Å²) in [5.41, 5.74) is -1.09. The Balaban J connectivity index is 0.000000205. The first kappa shape index (κ1) is 49.5. The number of anilines is 4. The third-order valence-corrected chi connectivity index (χ3v) is 12.0. The topological polar surface area (TPSA) is 188 Å². The van der Waals surface area contributed by atoms with E-state index in [-0.39, 0.29) is 73.4 Å². The summed E-state index contributed by atoms with van der Waals surface area (Å²) in [5.74, 6) is -8.10. The highest BCUT2D eigenvalue weighted by Gasteiger charge is 2.51. The largest absolute Gasteiger partial charge is 0.496 e. The fourth-order valence-corrected chi connectivity index (χ4v) is 8.86. The smallest absolute Gasteiger partial charge is 0.352 e. The van der Waals surface area contributed by atoms with Gasteiger partial charge in [-0.25, -0.2) is 37.5 Å². The van der Waals surface area contributed by atoms with Gasteiger partial charge < -0.3 is 9.47 Å². The van der Waals surface area contributed by atoms with Crippen LogP contribution in [0.5, 0.6) is 11.5 Å². The number of Topliss-reactive ketones (excluding diaryl/α,β-unsaturated/α-hetero) is 2. The second-order valence-electron chi connectivity index (χ2n) is 16.3. The maximum absolute atomic E-state index is 16.4. The highest BCUT2D eigenvalue weighted by molar-refractivity contribution is 6.36. The quantitative estimate of drug-likeness (QED) is 0.0578. The number of rotatable bonds is 9. The van der Waals surface area contributed by atoms with Gasteiger partial charge in [-0.05, 0) is 62.1 Å². The minimum absolute atomic E-state index is 0.00855. The lowest BCUT2D eigenvalue weighted by Crippen LogP contribution is -2.51. The number of benzene rings is 4. The molecule has 0 aliphatic carbocycles. The van der Waals surface area contributed by atoms with Gasteiger partial charge in [0, 0.05) is 21.6 Å². The molecule has 69 heavy (non-hydrogen) atoms. The zero-order valence-electron chi connectivity index (χ0n) is 37.9. The van der Waals surface area contributed by atoms with E-state index in [9.17, 15) is 38.1 Å². The molecule has 0 bridgehead atoms. The maximum Gasteiger partial charge on any atom is 0.352 e. The van der Waals surface area contributed by atoms with Gasteiger partial charge in [0.05, 0.1) is 92.9 Å². The Kier molecular flexibility index (Phi) is 13.9. The Bertz CT molecular complexity index is 3170. The van der Waals surface area contributed by atoms with E-state index in [1.807, 2.05) is 13.8 Å². The number of hydrogen-bond acceptors (Lipinski definition) is 12. The third kappa shape index (κ3) is 8.49. The van der Waals surface area contributed by atoms with Crippen molar-refractivity contribution in [3.05, 3.63) is 139 Å². The second-order valence-corrected chi connectivity index (χ2v) is 17.1. The molecule has 2 aromatic heterocycles. The number of aryl methyl sites for hydroxylation is 2. The summed E-state index contributed by atoms with van der Waals surface area (Å²) in [5, 5.41) is 11.2. The molecule has 0 spiro atoms. The first-order valence-electron chi connectivity index (χ1n) is 20.9. The second kappa shape index (κ2) is 19.3. The van der Waals surface area contributed by atoms with Gasteiger partial charge in [-0.1, -0.05) is 63.0 Å². The zero-order valence-corrected chi connectivity index (χ0v) is 39.4. The normalized spacial score (nSPS) is 14.5. The van der Waals surface area contributed by atoms with E-state index in [2.05, 4.69) is 19.9 Å². The Hall–Kier alpha value is -7.38. The van der Waals surface area contributed by atoms with Crippen LogP contribution in [-0.4, -0.2) is 68.5 Å². The van der Waals surface area contributed by atoms with E-state index < -0.39 is 85.9 Å². The van der Waals surface area contributed by atoms with E-state index in [1.165, 1.54) is 64.1 Å². The number of amides is 2. The minimum Gasteiger partial charge on any atom is -0.496 e. The molecular weight excluding hydrogens is 949 g/mol. The number of fused-ring (bicyclic) bond motifs is 2. The van der Waals surface area contributed by atoms with Crippen LogP contribution >= 0.6 is 23.2 Å². The average molecular weight is 989 g/mol. The fourth-order valence-electron chi connectivity index (χ4n) is 8.29. The molecule has 15 nitrogen and oxygen atoms in total. The standard InChI is InChI=1S/C24H19ClF2N4O5.C24H20ClF2N3O3/c1-10(2)19-20(11(3)28-9-29-19)30-21-12(23(32)22(24(30)33)31(34)35)8-13(25)16(18(21)27)17-14(26)6-5-7-15(17)36-4;1-11(2)22-23(12(3)28-10-29-22)30-18(32)9-16(31)13-8-14(25)19(21(27)24(13)30)20-15(26)6-5-7-17(20)33-4/h5-10,22H,1-4H3;5-8,10-11H,9H2,1-4H3. The Labute approximate surface area is 401 Å². The van der Waals surface area contributed by atoms with Crippen molar-refractivity contribution in [1.29, 1.82) is 0 Å². The fraction of sp³-hybridized carbons (Fsp3) is 0.250. The molecule has 356 valence electrons. The van der Waals surface area contributed by atoms with Crippen LogP contribution in [0, 0.1) is 47.2 Å². The van der Waals surface area contributed by atoms with Crippen molar-refractivity contribution < 1.29 is 51.1 Å². The van der Waals surface area contributed by atoms with Gasteiger partial charge in [-0.2, -0.15) is 0 Å². The number of carbonyl (C=O) groups excluding carboxylic acids is 4. The summed E-state index contributed by atoms with van der Waals surface area (Å²) in [4.78, 5) is 81.6. The zero-order chi connectivity index (χ0) is 50.5. The lowest BCUT2D eigenvalue weighted by molar-refractivity contribution is -0.491. The molecule has 1 unspecified atom stereocenters. The van der Waals surface area contributed by atoms with Gasteiger partial charge in [0.25, 0.3) is 0 Å². The molecule has 0 saturated carbocycles. The molecule has 8 rings (SSSR count). The van der Waals surface area contributed by atoms with Crippen molar-refractivity contribution in [2.45, 2.75) is 65.8 Å². The molecule has 6 aromatic rings. The maximum atomic E-state index is 16.4. The molecule has 4 heterocycles. The molecule has 0 radical (unpaired) electrons. The number of ether oxygens (including phenoxy) is 2. The third-order valence-electron chi connectivity index (χ3n) is 11.4. The molecule has 21 heteroatoms. The van der Waals surface area contributed by atoms with Gasteiger partial charge in [0.15, 0.2) is 17.4 Å². The highest BCUT2D eigenvalue weighted by Crippen LogP contribution is 2.50. The molecule has 0 saturated heterocycles. The number of carbonyl (C=O) groups is 4. The van der Waals surface area contributed by atoms with Crippen LogP contribution in [0.1, 0.15) is 89.4 Å². The van der Waals surface area contributed by atoms with Crippen LogP contribution in [-0.2, 0) is 9.59 Å². The van der Waals surface area contributed by atoms with E-state index in [1.54, 1.807) is 20.8 Å². The Morgan fingerprint density at radius 2 is 1.10 bits per heavy atom. The summed E-state index contributed by atoms with van der Waals surface area (Å²) < 4.78 is 72.8. The van der Waals surface area contributed by atoms with E-state index in [0.29, 0.717) is 17.1 Å². The van der Waals surface area contributed by atoms with Crippen molar-refractivity contribution in [1.82, 2.24) is 19.9 Å². The monoisotopic (exact) mass is 987 g/mol. The number of nitro groups is 1. The van der Waals surface area contributed by atoms with Crippen LogP contribution in [0.25, 0.3) is 22.3 Å². The lowest BCUT2D eigenvalue weighted by atomic mass is 9.90. The van der Waals surface area contributed by atoms with E-state index >= 15 is 8.78 Å². The predicted octanol–water partition coefficient (Wildman–Crippen LogP) is 10.8. The van der Waals surface area contributed by atoms with Crippen LogP contribution in [0.15, 0.2) is 61.2 Å². The van der Waals surface area contributed by atoms with Crippen molar-refractivity contribution >= 4 is 69.3 Å². The molecule has 4 aromatic carbocycles. The molecule has 2 aliphatic heterocycles. The molecule has 2 aliphatic rings. The number of aromatic nitrogens is 4. The molecule has 0 fully saturated rings. The molecule has 0 N–H and O–H groups in total. The first-order valence-corrected chi connectivity index (χ1v) is 21.6. The Morgan fingerprint density at radius 3 is 1.54 bits per heavy atom. The lowest BCUT2D eigenvalue weighted by Gasteiger charge is -2.33. The van der Waals surface area contributed by atoms with Crippen LogP contribution in [0.4, 0.5) is 40.3 Å². The summed E-state index contributed by atoms with van der Waals surface area (Å²) in [6, 6.07) is 7.74. The number of methoxy groups -OCH3 is 2. The van der Waals surface area contributed by atoms with Gasteiger partial charge >= 0.3 is 11.9 Å². The number of ketones is 2.